The molecule has 5 nitrogen and oxygen atoms in total. The maximum atomic E-state index is 11.6. The second-order valence-corrected chi connectivity index (χ2v) is 4.61. The summed E-state index contributed by atoms with van der Waals surface area (Å²) in [4.78, 5) is 17.7. The fourth-order valence-electron chi connectivity index (χ4n) is 2.44. The fourth-order valence-corrected chi connectivity index (χ4v) is 2.44. The molecule has 0 unspecified atom stereocenters. The summed E-state index contributed by atoms with van der Waals surface area (Å²) in [5.41, 5.74) is 6.66. The van der Waals surface area contributed by atoms with Gasteiger partial charge >= 0.3 is 0 Å². The van der Waals surface area contributed by atoms with Crippen molar-refractivity contribution in [3.05, 3.63) is 23.9 Å². The van der Waals surface area contributed by atoms with Gasteiger partial charge in [0.1, 0.15) is 5.82 Å². The van der Waals surface area contributed by atoms with Gasteiger partial charge in [-0.15, -0.1) is 0 Å². The Kier molecular flexibility index (Phi) is 4.15. The molecule has 1 fully saturated rings. The number of hydrogen-bond acceptors (Lipinski definition) is 4. The molecule has 1 aromatic rings. The molecule has 1 aliphatic heterocycles. The average molecular weight is 248 g/mol. The van der Waals surface area contributed by atoms with Crippen molar-refractivity contribution in [2.75, 3.05) is 32.0 Å². The highest BCUT2D eigenvalue weighted by molar-refractivity contribution is 5.78. The van der Waals surface area contributed by atoms with Crippen LogP contribution >= 0.6 is 0 Å². The average Bonchev–Trinajstić information content (AvgIpc) is 2.46. The highest BCUT2D eigenvalue weighted by Crippen LogP contribution is 2.27. The minimum absolute atomic E-state index is 0.0441. The molecule has 1 atom stereocenters. The lowest BCUT2D eigenvalue weighted by molar-refractivity contribution is -0.130. The molecule has 18 heavy (non-hydrogen) atoms. The number of nitrogens with zero attached hydrogens (tertiary/aromatic N) is 2. The van der Waals surface area contributed by atoms with E-state index in [1.807, 2.05) is 24.2 Å². The Hall–Kier alpha value is -1.62. The summed E-state index contributed by atoms with van der Waals surface area (Å²) in [5, 5.41) is 3.04. The van der Waals surface area contributed by atoms with Crippen LogP contribution in [-0.2, 0) is 4.79 Å². The minimum Gasteiger partial charge on any atom is -0.373 e. The molecule has 1 saturated heterocycles. The lowest BCUT2D eigenvalue weighted by atomic mass is 9.91. The number of nitrogens with one attached hydrogen (secondary N) is 1. The number of anilines is 1. The number of carbonyl (C=O) groups excluding carboxylic acids is 1. The molecule has 3 N–H and O–H groups in total. The van der Waals surface area contributed by atoms with E-state index < -0.39 is 0 Å². The van der Waals surface area contributed by atoms with Crippen molar-refractivity contribution in [1.82, 2.24) is 9.88 Å². The molecule has 1 amide bonds. The molecule has 0 bridgehead atoms. The number of piperidine rings is 1. The highest BCUT2D eigenvalue weighted by Gasteiger charge is 2.24. The van der Waals surface area contributed by atoms with Gasteiger partial charge in [0.25, 0.3) is 0 Å². The topological polar surface area (TPSA) is 71.2 Å². The molecule has 0 aliphatic carbocycles. The first-order valence-corrected chi connectivity index (χ1v) is 6.36. The predicted molar refractivity (Wildman–Crippen MR) is 71.4 cm³/mol. The van der Waals surface area contributed by atoms with Crippen LogP contribution in [0.3, 0.4) is 0 Å². The predicted octanol–water partition coefficient (Wildman–Crippen LogP) is 0.788. The first-order valence-electron chi connectivity index (χ1n) is 6.36. The standard InChI is InChI=1S/C13H20N4O/c1-15-12-7-10(4-5-16-12)11-3-2-6-17(9-11)13(18)8-14/h4-5,7,11H,2-3,6,8-9,14H2,1H3,(H,15,16)/t11-/m0/s1. The smallest absolute Gasteiger partial charge is 0.236 e. The van der Waals surface area contributed by atoms with Crippen molar-refractivity contribution in [2.24, 2.45) is 5.73 Å². The Morgan fingerprint density at radius 2 is 2.50 bits per heavy atom. The van der Waals surface area contributed by atoms with E-state index in [2.05, 4.69) is 16.4 Å². The van der Waals surface area contributed by atoms with Gasteiger partial charge in [-0.25, -0.2) is 4.98 Å². The van der Waals surface area contributed by atoms with E-state index in [9.17, 15) is 4.79 Å². The van der Waals surface area contributed by atoms with E-state index in [1.165, 1.54) is 5.56 Å². The molecule has 0 radical (unpaired) electrons. The van der Waals surface area contributed by atoms with Crippen LogP contribution in [-0.4, -0.2) is 42.5 Å². The third-order valence-electron chi connectivity index (χ3n) is 3.46. The van der Waals surface area contributed by atoms with Gasteiger partial charge in [-0.3, -0.25) is 4.79 Å². The van der Waals surface area contributed by atoms with Crippen molar-refractivity contribution in [3.63, 3.8) is 0 Å². The van der Waals surface area contributed by atoms with Crippen LogP contribution < -0.4 is 11.1 Å². The van der Waals surface area contributed by atoms with Crippen molar-refractivity contribution in [3.8, 4) is 0 Å². The Balaban J connectivity index is 2.10. The van der Waals surface area contributed by atoms with Crippen molar-refractivity contribution >= 4 is 11.7 Å². The van der Waals surface area contributed by atoms with E-state index in [0.717, 1.165) is 31.7 Å². The highest BCUT2D eigenvalue weighted by atomic mass is 16.2. The molecule has 1 aromatic heterocycles. The van der Waals surface area contributed by atoms with E-state index in [-0.39, 0.29) is 12.5 Å². The van der Waals surface area contributed by atoms with Gasteiger partial charge in [0, 0.05) is 32.3 Å². The number of hydrogen-bond donors (Lipinski definition) is 2. The quantitative estimate of drug-likeness (QED) is 0.829. The second kappa shape index (κ2) is 5.82. The number of likely N-dealkylation sites (tertiary alicyclic amines) is 1. The van der Waals surface area contributed by atoms with Crippen molar-refractivity contribution in [1.29, 1.82) is 0 Å². The molecule has 98 valence electrons. The number of aromatic nitrogens is 1. The SMILES string of the molecule is CNc1cc([C@H]2CCCN(C(=O)CN)C2)ccn1. The molecule has 0 saturated carbocycles. The van der Waals surface area contributed by atoms with E-state index >= 15 is 0 Å². The molecule has 2 heterocycles. The van der Waals surface area contributed by atoms with Gasteiger partial charge < -0.3 is 16.0 Å². The number of amides is 1. The summed E-state index contributed by atoms with van der Waals surface area (Å²) in [6, 6.07) is 4.09. The lowest BCUT2D eigenvalue weighted by Crippen LogP contribution is -2.42. The summed E-state index contributed by atoms with van der Waals surface area (Å²) in [7, 11) is 1.86. The van der Waals surface area contributed by atoms with Crippen molar-refractivity contribution < 1.29 is 4.79 Å². The lowest BCUT2D eigenvalue weighted by Gasteiger charge is -2.32. The van der Waals surface area contributed by atoms with E-state index in [4.69, 9.17) is 5.73 Å². The zero-order chi connectivity index (χ0) is 13.0. The van der Waals surface area contributed by atoms with Crippen LogP contribution in [0.1, 0.15) is 24.3 Å². The van der Waals surface area contributed by atoms with E-state index in [0.29, 0.717) is 5.92 Å². The molecule has 5 heteroatoms. The maximum absolute atomic E-state index is 11.6. The Morgan fingerprint density at radius 1 is 1.67 bits per heavy atom. The van der Waals surface area contributed by atoms with Crippen LogP contribution in [0.2, 0.25) is 0 Å². The van der Waals surface area contributed by atoms with Crippen LogP contribution in [0.5, 0.6) is 0 Å². The van der Waals surface area contributed by atoms with E-state index in [1.54, 1.807) is 0 Å². The number of carbonyl (C=O) groups is 1. The summed E-state index contributed by atoms with van der Waals surface area (Å²) in [6.45, 7) is 1.70. The monoisotopic (exact) mass is 248 g/mol. The van der Waals surface area contributed by atoms with Gasteiger partial charge in [-0.2, -0.15) is 0 Å². The van der Waals surface area contributed by atoms with Gasteiger partial charge in [0.2, 0.25) is 5.91 Å². The fraction of sp³-hybridized carbons (Fsp3) is 0.538. The molecular formula is C13H20N4O. The Labute approximate surface area is 107 Å². The number of rotatable bonds is 3. The Bertz CT molecular complexity index is 421. The molecule has 0 aromatic carbocycles. The van der Waals surface area contributed by atoms with Crippen LogP contribution in [0.4, 0.5) is 5.82 Å². The first-order chi connectivity index (χ1) is 8.74. The molecule has 2 rings (SSSR count). The number of pyridine rings is 1. The Morgan fingerprint density at radius 3 is 3.22 bits per heavy atom. The summed E-state index contributed by atoms with van der Waals surface area (Å²) in [6.07, 6.45) is 3.96. The van der Waals surface area contributed by atoms with Gasteiger partial charge in [0.05, 0.1) is 6.54 Å². The minimum atomic E-state index is 0.0441. The normalized spacial score (nSPS) is 19.7. The summed E-state index contributed by atoms with van der Waals surface area (Å²) >= 11 is 0. The first kappa shape index (κ1) is 12.8. The molecule has 1 aliphatic rings. The van der Waals surface area contributed by atoms with Gasteiger partial charge in [0.15, 0.2) is 0 Å². The van der Waals surface area contributed by atoms with Crippen LogP contribution in [0.15, 0.2) is 18.3 Å². The second-order valence-electron chi connectivity index (χ2n) is 4.61. The number of nitrogens with two attached hydrogens (primary N) is 1. The van der Waals surface area contributed by atoms with Crippen molar-refractivity contribution in [2.45, 2.75) is 18.8 Å². The zero-order valence-electron chi connectivity index (χ0n) is 10.7. The maximum Gasteiger partial charge on any atom is 0.236 e. The summed E-state index contributed by atoms with van der Waals surface area (Å²) < 4.78 is 0. The van der Waals surface area contributed by atoms with Gasteiger partial charge in [-0.05, 0) is 30.5 Å². The zero-order valence-corrected chi connectivity index (χ0v) is 10.7. The third-order valence-corrected chi connectivity index (χ3v) is 3.46. The largest absolute Gasteiger partial charge is 0.373 e. The molecule has 0 spiro atoms. The van der Waals surface area contributed by atoms with Crippen LogP contribution in [0.25, 0.3) is 0 Å². The molecular weight excluding hydrogens is 228 g/mol. The third kappa shape index (κ3) is 2.79. The van der Waals surface area contributed by atoms with Gasteiger partial charge in [-0.1, -0.05) is 0 Å². The summed E-state index contributed by atoms with van der Waals surface area (Å²) in [5.74, 6) is 1.31. The van der Waals surface area contributed by atoms with Crippen LogP contribution in [0, 0.1) is 0 Å².